The first kappa shape index (κ1) is 11.0. The molecule has 1 heterocycles. The number of aromatic nitrogens is 1. The highest BCUT2D eigenvalue weighted by Gasteiger charge is 2.41. The fraction of sp³-hybridized carbons (Fsp3) is 0.333. The molecule has 90 valence electrons. The molecule has 0 radical (unpaired) electrons. The molecule has 1 aliphatic rings. The van der Waals surface area contributed by atoms with Crippen molar-refractivity contribution in [1.82, 2.24) is 4.57 Å². The predicted octanol–water partition coefficient (Wildman–Crippen LogP) is 2.48. The van der Waals surface area contributed by atoms with Gasteiger partial charge in [0.25, 0.3) is 5.56 Å². The smallest absolute Gasteiger partial charge is 0.255 e. The quantitative estimate of drug-likeness (QED) is 0.766. The molecule has 1 aromatic carbocycles. The van der Waals surface area contributed by atoms with Gasteiger partial charge in [-0.15, -0.1) is 0 Å². The van der Waals surface area contributed by atoms with E-state index < -0.39 is 5.41 Å². The third-order valence-electron chi connectivity index (χ3n) is 4.07. The Kier molecular flexibility index (Phi) is 2.27. The van der Waals surface area contributed by atoms with Crippen molar-refractivity contribution in [2.45, 2.75) is 24.7 Å². The maximum atomic E-state index is 12.4. The third kappa shape index (κ3) is 1.32. The SMILES string of the molecule is Cn1c(=O)c(C2(C#N)CCC2)cc2ccccc21. The molecule has 18 heavy (non-hydrogen) atoms. The lowest BCUT2D eigenvalue weighted by atomic mass is 9.66. The van der Waals surface area contributed by atoms with Crippen LogP contribution in [0, 0.1) is 11.3 Å². The number of nitrogens with zero attached hydrogens (tertiary/aromatic N) is 2. The molecule has 2 aromatic rings. The summed E-state index contributed by atoms with van der Waals surface area (Å²) in [6.07, 6.45) is 2.64. The Morgan fingerprint density at radius 2 is 2.06 bits per heavy atom. The summed E-state index contributed by atoms with van der Waals surface area (Å²) in [4.78, 5) is 12.4. The first-order valence-corrected chi connectivity index (χ1v) is 6.18. The van der Waals surface area contributed by atoms with E-state index in [0.717, 1.165) is 30.2 Å². The monoisotopic (exact) mass is 238 g/mol. The summed E-state index contributed by atoms with van der Waals surface area (Å²) in [6.45, 7) is 0. The van der Waals surface area contributed by atoms with Gasteiger partial charge in [-0.25, -0.2) is 0 Å². The Balaban J connectivity index is 2.35. The zero-order valence-electron chi connectivity index (χ0n) is 10.3. The Hall–Kier alpha value is -2.08. The van der Waals surface area contributed by atoms with Crippen molar-refractivity contribution in [2.24, 2.45) is 7.05 Å². The van der Waals surface area contributed by atoms with Crippen LogP contribution in [0.2, 0.25) is 0 Å². The van der Waals surface area contributed by atoms with Gasteiger partial charge in [0.15, 0.2) is 0 Å². The van der Waals surface area contributed by atoms with Gasteiger partial charge in [-0.3, -0.25) is 4.79 Å². The average Bonchev–Trinajstić information content (AvgIpc) is 2.35. The van der Waals surface area contributed by atoms with Gasteiger partial charge in [0, 0.05) is 12.6 Å². The molecule has 0 aliphatic heterocycles. The minimum Gasteiger partial charge on any atom is -0.311 e. The van der Waals surface area contributed by atoms with Crippen LogP contribution in [0.5, 0.6) is 0 Å². The van der Waals surface area contributed by atoms with Crippen molar-refractivity contribution in [3.63, 3.8) is 0 Å². The molecule has 1 saturated carbocycles. The van der Waals surface area contributed by atoms with E-state index >= 15 is 0 Å². The molecule has 0 unspecified atom stereocenters. The first-order chi connectivity index (χ1) is 8.68. The van der Waals surface area contributed by atoms with Crippen LogP contribution in [0.1, 0.15) is 24.8 Å². The van der Waals surface area contributed by atoms with Crippen molar-refractivity contribution in [3.8, 4) is 6.07 Å². The van der Waals surface area contributed by atoms with Gasteiger partial charge in [0.2, 0.25) is 0 Å². The Bertz CT molecular complexity index is 717. The number of hydrogen-bond donors (Lipinski definition) is 0. The lowest BCUT2D eigenvalue weighted by Crippen LogP contribution is -2.39. The number of hydrogen-bond acceptors (Lipinski definition) is 2. The van der Waals surface area contributed by atoms with Crippen LogP contribution in [0.25, 0.3) is 10.9 Å². The molecule has 1 aliphatic carbocycles. The number of fused-ring (bicyclic) bond motifs is 1. The highest BCUT2D eigenvalue weighted by Crippen LogP contribution is 2.42. The Labute approximate surface area is 105 Å². The normalized spacial score (nSPS) is 17.1. The van der Waals surface area contributed by atoms with E-state index in [1.165, 1.54) is 0 Å². The Morgan fingerprint density at radius 3 is 2.67 bits per heavy atom. The summed E-state index contributed by atoms with van der Waals surface area (Å²) in [7, 11) is 1.78. The molecule has 3 rings (SSSR count). The number of rotatable bonds is 1. The second-order valence-corrected chi connectivity index (χ2v) is 5.03. The van der Waals surface area contributed by atoms with Gasteiger partial charge >= 0.3 is 0 Å². The molecule has 0 spiro atoms. The maximum absolute atomic E-state index is 12.4. The molecule has 3 nitrogen and oxygen atoms in total. The van der Waals surface area contributed by atoms with Gasteiger partial charge in [0.05, 0.1) is 17.0 Å². The number of nitriles is 1. The van der Waals surface area contributed by atoms with Crippen LogP contribution in [-0.2, 0) is 12.5 Å². The van der Waals surface area contributed by atoms with Crippen LogP contribution in [0.4, 0.5) is 0 Å². The molecule has 0 amide bonds. The van der Waals surface area contributed by atoms with Crippen molar-refractivity contribution in [3.05, 3.63) is 46.2 Å². The van der Waals surface area contributed by atoms with Gasteiger partial charge in [0.1, 0.15) is 0 Å². The van der Waals surface area contributed by atoms with E-state index in [4.69, 9.17) is 0 Å². The molecule has 3 heteroatoms. The zero-order valence-corrected chi connectivity index (χ0v) is 10.3. The van der Waals surface area contributed by atoms with Crippen LogP contribution in [0.15, 0.2) is 35.1 Å². The summed E-state index contributed by atoms with van der Waals surface area (Å²) in [5, 5.41) is 10.4. The maximum Gasteiger partial charge on any atom is 0.255 e. The van der Waals surface area contributed by atoms with Gasteiger partial charge in [-0.1, -0.05) is 18.2 Å². The predicted molar refractivity (Wildman–Crippen MR) is 70.3 cm³/mol. The highest BCUT2D eigenvalue weighted by molar-refractivity contribution is 5.80. The van der Waals surface area contributed by atoms with Crippen LogP contribution >= 0.6 is 0 Å². The van der Waals surface area contributed by atoms with E-state index in [1.54, 1.807) is 11.6 Å². The topological polar surface area (TPSA) is 45.8 Å². The van der Waals surface area contributed by atoms with Gasteiger partial charge in [-0.2, -0.15) is 5.26 Å². The van der Waals surface area contributed by atoms with Crippen molar-refractivity contribution >= 4 is 10.9 Å². The molecular formula is C15H14N2O. The third-order valence-corrected chi connectivity index (χ3v) is 4.07. The minimum atomic E-state index is -0.543. The summed E-state index contributed by atoms with van der Waals surface area (Å²) in [5.74, 6) is 0. The largest absolute Gasteiger partial charge is 0.311 e. The molecule has 1 aromatic heterocycles. The van der Waals surface area contributed by atoms with E-state index in [1.807, 2.05) is 30.3 Å². The number of aryl methyl sites for hydroxylation is 1. The summed E-state index contributed by atoms with van der Waals surface area (Å²) < 4.78 is 1.65. The van der Waals surface area contributed by atoms with Gasteiger partial charge in [-0.05, 0) is 36.8 Å². The number of para-hydroxylation sites is 1. The van der Waals surface area contributed by atoms with Crippen molar-refractivity contribution in [1.29, 1.82) is 5.26 Å². The minimum absolute atomic E-state index is 0.0325. The fourth-order valence-electron chi connectivity index (χ4n) is 2.74. The first-order valence-electron chi connectivity index (χ1n) is 6.18. The van der Waals surface area contributed by atoms with E-state index in [9.17, 15) is 10.1 Å². The Morgan fingerprint density at radius 1 is 1.33 bits per heavy atom. The molecule has 0 atom stereocenters. The van der Waals surface area contributed by atoms with Crippen LogP contribution in [0.3, 0.4) is 0 Å². The molecule has 0 bridgehead atoms. The molecule has 0 N–H and O–H groups in total. The second-order valence-electron chi connectivity index (χ2n) is 5.03. The molecule has 1 fully saturated rings. The number of benzene rings is 1. The van der Waals surface area contributed by atoms with E-state index in [0.29, 0.717) is 5.56 Å². The van der Waals surface area contributed by atoms with Crippen LogP contribution in [-0.4, -0.2) is 4.57 Å². The number of pyridine rings is 1. The fourth-order valence-corrected chi connectivity index (χ4v) is 2.74. The molecule has 0 saturated heterocycles. The van der Waals surface area contributed by atoms with Crippen molar-refractivity contribution in [2.75, 3.05) is 0 Å². The summed E-state index contributed by atoms with van der Waals surface area (Å²) >= 11 is 0. The lowest BCUT2D eigenvalue weighted by molar-refractivity contribution is 0.320. The summed E-state index contributed by atoms with van der Waals surface area (Å²) in [5.41, 5.74) is 1.00. The van der Waals surface area contributed by atoms with Crippen molar-refractivity contribution < 1.29 is 0 Å². The van der Waals surface area contributed by atoms with E-state index in [-0.39, 0.29) is 5.56 Å². The average molecular weight is 238 g/mol. The van der Waals surface area contributed by atoms with Crippen LogP contribution < -0.4 is 5.56 Å². The zero-order chi connectivity index (χ0) is 12.8. The van der Waals surface area contributed by atoms with E-state index in [2.05, 4.69) is 6.07 Å². The molecular weight excluding hydrogens is 224 g/mol. The van der Waals surface area contributed by atoms with Gasteiger partial charge < -0.3 is 4.57 Å². The summed E-state index contributed by atoms with van der Waals surface area (Å²) in [6, 6.07) is 12.0. The second kappa shape index (κ2) is 3.71. The highest BCUT2D eigenvalue weighted by atomic mass is 16.1. The lowest BCUT2D eigenvalue weighted by Gasteiger charge is -2.35. The standard InChI is InChI=1S/C15H14N2O/c1-17-13-6-3-2-5-11(13)9-12(14(17)18)15(10-16)7-4-8-15/h2-3,5-6,9H,4,7-8H2,1H3.